The van der Waals surface area contributed by atoms with Crippen LogP contribution in [0.25, 0.3) is 10.7 Å². The van der Waals surface area contributed by atoms with E-state index in [1.807, 2.05) is 17.5 Å². The molecule has 128 valence electrons. The first-order chi connectivity index (χ1) is 11.6. The van der Waals surface area contributed by atoms with Gasteiger partial charge < -0.3 is 15.4 Å². The maximum Gasteiger partial charge on any atom is 0.237 e. The molecule has 3 heterocycles. The van der Waals surface area contributed by atoms with E-state index in [4.69, 9.17) is 10.5 Å². The number of nitrogens with zero attached hydrogens (tertiary/aromatic N) is 4. The van der Waals surface area contributed by atoms with Gasteiger partial charge >= 0.3 is 0 Å². The van der Waals surface area contributed by atoms with E-state index in [0.29, 0.717) is 37.3 Å². The highest BCUT2D eigenvalue weighted by Crippen LogP contribution is 2.27. The van der Waals surface area contributed by atoms with Gasteiger partial charge in [0, 0.05) is 13.1 Å². The van der Waals surface area contributed by atoms with Crippen LogP contribution in [0.1, 0.15) is 0 Å². The highest BCUT2D eigenvalue weighted by atomic mass is 32.2. The van der Waals surface area contributed by atoms with Gasteiger partial charge in [-0.2, -0.15) is 0 Å². The summed E-state index contributed by atoms with van der Waals surface area (Å²) in [5.74, 6) is 0.370. The van der Waals surface area contributed by atoms with Crippen LogP contribution < -0.4 is 5.73 Å². The second-order valence-electron chi connectivity index (χ2n) is 5.12. The Kier molecular flexibility index (Phi) is 5.48. The summed E-state index contributed by atoms with van der Waals surface area (Å²) in [4.78, 5) is 26.3. The Morgan fingerprint density at radius 2 is 2.12 bits per heavy atom. The van der Waals surface area contributed by atoms with E-state index in [-0.39, 0.29) is 18.2 Å². The van der Waals surface area contributed by atoms with E-state index in [0.717, 1.165) is 4.88 Å². The third-order valence-corrected chi connectivity index (χ3v) is 5.28. The fourth-order valence-corrected chi connectivity index (χ4v) is 3.87. The van der Waals surface area contributed by atoms with Gasteiger partial charge in [0.2, 0.25) is 11.8 Å². The molecule has 8 nitrogen and oxygen atoms in total. The van der Waals surface area contributed by atoms with E-state index in [1.54, 1.807) is 9.47 Å². The van der Waals surface area contributed by atoms with Crippen molar-refractivity contribution in [3.05, 3.63) is 17.5 Å². The lowest BCUT2D eigenvalue weighted by Gasteiger charge is -2.26. The molecule has 3 rings (SSSR count). The molecular weight excluding hydrogens is 350 g/mol. The number of ether oxygens (including phenoxy) is 1. The number of carbonyl (C=O) groups excluding carboxylic acids is 2. The molecule has 1 aliphatic heterocycles. The molecule has 1 aliphatic rings. The number of thioether (sulfide) groups is 1. The largest absolute Gasteiger partial charge is 0.378 e. The van der Waals surface area contributed by atoms with Crippen molar-refractivity contribution in [2.75, 3.05) is 32.1 Å². The smallest absolute Gasteiger partial charge is 0.237 e. The van der Waals surface area contributed by atoms with E-state index < -0.39 is 5.91 Å². The SMILES string of the molecule is NC(=O)Cn1c(SCC(=O)N2CCOCC2)nnc1-c1cccs1. The Hall–Kier alpha value is -1.91. The summed E-state index contributed by atoms with van der Waals surface area (Å²) in [7, 11) is 0. The number of aromatic nitrogens is 3. The summed E-state index contributed by atoms with van der Waals surface area (Å²) in [5.41, 5.74) is 5.34. The van der Waals surface area contributed by atoms with Crippen LogP contribution >= 0.6 is 23.1 Å². The number of nitrogens with two attached hydrogens (primary N) is 1. The first-order valence-corrected chi connectivity index (χ1v) is 9.25. The third kappa shape index (κ3) is 3.94. The van der Waals surface area contributed by atoms with Gasteiger partial charge in [-0.3, -0.25) is 14.2 Å². The van der Waals surface area contributed by atoms with Gasteiger partial charge in [0.05, 0.1) is 23.8 Å². The van der Waals surface area contributed by atoms with Gasteiger partial charge in [0.1, 0.15) is 6.54 Å². The Morgan fingerprint density at radius 1 is 1.33 bits per heavy atom. The summed E-state index contributed by atoms with van der Waals surface area (Å²) in [6.45, 7) is 2.32. The molecule has 2 amide bonds. The minimum Gasteiger partial charge on any atom is -0.378 e. The van der Waals surface area contributed by atoms with Crippen molar-refractivity contribution in [1.82, 2.24) is 19.7 Å². The number of thiophene rings is 1. The minimum atomic E-state index is -0.478. The third-order valence-electron chi connectivity index (χ3n) is 3.46. The zero-order valence-corrected chi connectivity index (χ0v) is 14.5. The molecule has 0 atom stereocenters. The number of hydrogen-bond acceptors (Lipinski definition) is 7. The molecule has 24 heavy (non-hydrogen) atoms. The van der Waals surface area contributed by atoms with Crippen LogP contribution in [0, 0.1) is 0 Å². The van der Waals surface area contributed by atoms with Crippen molar-refractivity contribution < 1.29 is 14.3 Å². The van der Waals surface area contributed by atoms with Crippen molar-refractivity contribution in [3.8, 4) is 10.7 Å². The summed E-state index contributed by atoms with van der Waals surface area (Å²) in [5, 5.41) is 10.7. The molecule has 0 bridgehead atoms. The molecule has 1 saturated heterocycles. The number of hydrogen-bond donors (Lipinski definition) is 1. The van der Waals surface area contributed by atoms with E-state index in [2.05, 4.69) is 10.2 Å². The number of amides is 2. The minimum absolute atomic E-state index is 0.0195. The van der Waals surface area contributed by atoms with Crippen LogP contribution in [0.3, 0.4) is 0 Å². The topological polar surface area (TPSA) is 103 Å². The van der Waals surface area contributed by atoms with Crippen LogP contribution in [-0.4, -0.2) is 63.5 Å². The van der Waals surface area contributed by atoms with E-state index in [1.165, 1.54) is 23.1 Å². The zero-order valence-electron chi connectivity index (χ0n) is 12.9. The second-order valence-corrected chi connectivity index (χ2v) is 7.01. The number of morpholine rings is 1. The van der Waals surface area contributed by atoms with Gasteiger partial charge in [0.15, 0.2) is 11.0 Å². The molecule has 1 fully saturated rings. The fraction of sp³-hybridized carbons (Fsp3) is 0.429. The summed E-state index contributed by atoms with van der Waals surface area (Å²) >= 11 is 2.77. The van der Waals surface area contributed by atoms with Crippen LogP contribution in [0.5, 0.6) is 0 Å². The lowest BCUT2D eigenvalue weighted by Crippen LogP contribution is -2.41. The Balaban J connectivity index is 1.72. The molecule has 0 unspecified atom stereocenters. The van der Waals surface area contributed by atoms with Crippen molar-refractivity contribution in [2.45, 2.75) is 11.7 Å². The summed E-state index contributed by atoms with van der Waals surface area (Å²) in [6, 6.07) is 3.80. The molecule has 2 aromatic rings. The molecule has 10 heteroatoms. The molecular formula is C14H17N5O3S2. The van der Waals surface area contributed by atoms with Crippen LogP contribution in [0.2, 0.25) is 0 Å². The molecule has 0 aliphatic carbocycles. The van der Waals surface area contributed by atoms with Gasteiger partial charge in [-0.1, -0.05) is 17.8 Å². The predicted molar refractivity (Wildman–Crippen MR) is 90.7 cm³/mol. The maximum atomic E-state index is 12.2. The van der Waals surface area contributed by atoms with Gasteiger partial charge in [-0.05, 0) is 11.4 Å². The van der Waals surface area contributed by atoms with Gasteiger partial charge in [-0.25, -0.2) is 0 Å². The first-order valence-electron chi connectivity index (χ1n) is 7.39. The van der Waals surface area contributed by atoms with Crippen LogP contribution in [0.15, 0.2) is 22.7 Å². The summed E-state index contributed by atoms with van der Waals surface area (Å²) in [6.07, 6.45) is 0. The molecule has 2 N–H and O–H groups in total. The maximum absolute atomic E-state index is 12.2. The van der Waals surface area contributed by atoms with Crippen molar-refractivity contribution in [3.63, 3.8) is 0 Å². The average Bonchev–Trinajstić information content (AvgIpc) is 3.23. The van der Waals surface area contributed by atoms with Crippen molar-refractivity contribution >= 4 is 34.9 Å². The van der Waals surface area contributed by atoms with Gasteiger partial charge in [-0.15, -0.1) is 21.5 Å². The molecule has 0 radical (unpaired) electrons. The number of primary amides is 1. The summed E-state index contributed by atoms with van der Waals surface area (Å²) < 4.78 is 6.90. The fourth-order valence-electron chi connectivity index (χ4n) is 2.31. The van der Waals surface area contributed by atoms with Crippen LogP contribution in [-0.2, 0) is 20.9 Å². The number of carbonyl (C=O) groups is 2. The lowest BCUT2D eigenvalue weighted by molar-refractivity contribution is -0.132. The quantitative estimate of drug-likeness (QED) is 0.743. The zero-order chi connectivity index (χ0) is 16.9. The average molecular weight is 367 g/mol. The number of rotatable bonds is 6. The van der Waals surface area contributed by atoms with Crippen molar-refractivity contribution in [1.29, 1.82) is 0 Å². The second kappa shape index (κ2) is 7.77. The first kappa shape index (κ1) is 16.9. The lowest BCUT2D eigenvalue weighted by atomic mass is 10.4. The predicted octanol–water partition coefficient (Wildman–Crippen LogP) is 0.443. The highest BCUT2D eigenvalue weighted by Gasteiger charge is 2.20. The Morgan fingerprint density at radius 3 is 2.79 bits per heavy atom. The van der Waals surface area contributed by atoms with E-state index in [9.17, 15) is 9.59 Å². The molecule has 0 saturated carbocycles. The van der Waals surface area contributed by atoms with Crippen LogP contribution in [0.4, 0.5) is 0 Å². The monoisotopic (exact) mass is 367 g/mol. The highest BCUT2D eigenvalue weighted by molar-refractivity contribution is 7.99. The molecule has 0 spiro atoms. The van der Waals surface area contributed by atoms with E-state index >= 15 is 0 Å². The Bertz CT molecular complexity index is 710. The standard InChI is InChI=1S/C14H17N5O3S2/c15-11(20)8-19-13(10-2-1-7-23-10)16-17-14(19)24-9-12(21)18-3-5-22-6-4-18/h1-2,7H,3-6,8-9H2,(H2,15,20). The Labute approximate surface area is 147 Å². The van der Waals surface area contributed by atoms with Crippen molar-refractivity contribution in [2.24, 2.45) is 5.73 Å². The molecule has 0 aromatic carbocycles. The van der Waals surface area contributed by atoms with Gasteiger partial charge in [0.25, 0.3) is 0 Å². The normalized spacial score (nSPS) is 14.8. The molecule has 2 aromatic heterocycles.